The van der Waals surface area contributed by atoms with E-state index in [0.29, 0.717) is 29.2 Å². The Kier molecular flexibility index (Phi) is 5.28. The van der Waals surface area contributed by atoms with Gasteiger partial charge in [-0.2, -0.15) is 5.26 Å². The van der Waals surface area contributed by atoms with Gasteiger partial charge in [0.15, 0.2) is 17.0 Å². The van der Waals surface area contributed by atoms with Crippen LogP contribution in [0.5, 0.6) is 0 Å². The first-order chi connectivity index (χ1) is 14.7. The van der Waals surface area contributed by atoms with Crippen LogP contribution < -0.4 is 0 Å². The van der Waals surface area contributed by atoms with Gasteiger partial charge in [-0.05, 0) is 42.4 Å². The van der Waals surface area contributed by atoms with Gasteiger partial charge in [-0.1, -0.05) is 30.0 Å². The maximum atomic E-state index is 12.9. The molecule has 3 atom stereocenters. The van der Waals surface area contributed by atoms with Crippen molar-refractivity contribution in [3.8, 4) is 16.6 Å². The number of nitriles is 1. The van der Waals surface area contributed by atoms with Gasteiger partial charge in [0.1, 0.15) is 0 Å². The maximum Gasteiger partial charge on any atom is 0.191 e. The molecule has 7 heteroatoms. The summed E-state index contributed by atoms with van der Waals surface area (Å²) in [6.45, 7) is 1.66. The molecule has 0 bridgehead atoms. The number of rotatable bonds is 6. The van der Waals surface area contributed by atoms with Crippen LogP contribution in [0.15, 0.2) is 64.8 Å². The molecule has 2 aromatic heterocycles. The largest absolute Gasteiger partial charge is 0.310 e. The minimum absolute atomic E-state index is 0.122. The molecule has 5 rings (SSSR count). The molecular weight excluding hydrogens is 412 g/mol. The number of likely N-dealkylation sites (tertiary alicyclic amines) is 1. The summed E-state index contributed by atoms with van der Waals surface area (Å²) in [6, 6.07) is 12.2. The molecule has 3 aromatic rings. The summed E-state index contributed by atoms with van der Waals surface area (Å²) in [4.78, 5) is 26.6. The van der Waals surface area contributed by atoms with E-state index >= 15 is 0 Å². The van der Waals surface area contributed by atoms with Gasteiger partial charge in [0, 0.05) is 53.5 Å². The van der Waals surface area contributed by atoms with Crippen LogP contribution in [0.2, 0.25) is 0 Å². The summed E-state index contributed by atoms with van der Waals surface area (Å²) in [5.41, 5.74) is 1.06. The van der Waals surface area contributed by atoms with Gasteiger partial charge in [0.2, 0.25) is 0 Å². The molecule has 30 heavy (non-hydrogen) atoms. The maximum absolute atomic E-state index is 12.9. The highest BCUT2D eigenvalue weighted by Gasteiger charge is 2.47. The van der Waals surface area contributed by atoms with Crippen LogP contribution >= 0.6 is 23.1 Å². The molecule has 0 amide bonds. The van der Waals surface area contributed by atoms with Gasteiger partial charge < -0.3 is 4.90 Å². The van der Waals surface area contributed by atoms with Crippen molar-refractivity contribution in [3.05, 3.63) is 60.0 Å². The Morgan fingerprint density at radius 1 is 1.23 bits per heavy atom. The van der Waals surface area contributed by atoms with Gasteiger partial charge in [0.25, 0.3) is 0 Å². The zero-order chi connectivity index (χ0) is 20.5. The van der Waals surface area contributed by atoms with Crippen molar-refractivity contribution in [1.29, 1.82) is 5.26 Å². The van der Waals surface area contributed by atoms with E-state index < -0.39 is 0 Å². The second-order valence-electron chi connectivity index (χ2n) is 7.87. The topological polar surface area (TPSA) is 69.9 Å². The number of benzene rings is 1. The minimum atomic E-state index is 0.122. The Bertz CT molecular complexity index is 1110. The fraction of sp³-hybridized carbons (Fsp3) is 0.304. The van der Waals surface area contributed by atoms with Crippen LogP contribution in [0, 0.1) is 29.2 Å². The summed E-state index contributed by atoms with van der Waals surface area (Å²) in [7, 11) is 0. The number of ketones is 1. The minimum Gasteiger partial charge on any atom is -0.310 e. The third kappa shape index (κ3) is 3.73. The molecule has 1 aromatic carbocycles. The van der Waals surface area contributed by atoms with E-state index in [9.17, 15) is 4.79 Å². The second kappa shape index (κ2) is 8.21. The standard InChI is InChI=1S/C23H20N4OS2/c24-14-27-12-16-8-15(19(16)13-27)9-20(28)23-26-11-22(30-23)18-6-7-25-10-21(18)29-17-4-2-1-3-5-17/h1-7,10-11,15-16,19H,8-9,12-13H2. The molecule has 2 fully saturated rings. The highest BCUT2D eigenvalue weighted by molar-refractivity contribution is 7.99. The average Bonchev–Trinajstić information content (AvgIpc) is 3.38. The highest BCUT2D eigenvalue weighted by Crippen LogP contribution is 2.47. The Hall–Kier alpha value is -2.69. The number of carbonyl (C=O) groups excluding carboxylic acids is 1. The molecule has 3 unspecified atom stereocenters. The lowest BCUT2D eigenvalue weighted by Crippen LogP contribution is -2.36. The number of Topliss-reactive ketones (excluding diaryl/α,β-unsaturated/α-hetero) is 1. The van der Waals surface area contributed by atoms with Crippen molar-refractivity contribution in [2.75, 3.05) is 13.1 Å². The lowest BCUT2D eigenvalue weighted by Gasteiger charge is -2.38. The van der Waals surface area contributed by atoms with E-state index in [1.807, 2.05) is 35.4 Å². The van der Waals surface area contributed by atoms with Crippen LogP contribution in [-0.4, -0.2) is 33.7 Å². The third-order valence-corrected chi connectivity index (χ3v) is 8.18. The zero-order valence-corrected chi connectivity index (χ0v) is 17.9. The van der Waals surface area contributed by atoms with Crippen LogP contribution in [0.1, 0.15) is 22.6 Å². The van der Waals surface area contributed by atoms with Crippen molar-refractivity contribution >= 4 is 28.9 Å². The Morgan fingerprint density at radius 3 is 2.93 bits per heavy atom. The van der Waals surface area contributed by atoms with Crippen molar-refractivity contribution in [3.63, 3.8) is 0 Å². The Balaban J connectivity index is 1.29. The predicted octanol–water partition coefficient (Wildman–Crippen LogP) is 4.98. The van der Waals surface area contributed by atoms with Crippen molar-refractivity contribution in [2.45, 2.75) is 22.6 Å². The highest BCUT2D eigenvalue weighted by atomic mass is 32.2. The molecule has 5 nitrogen and oxygen atoms in total. The second-order valence-corrected chi connectivity index (χ2v) is 10.0. The van der Waals surface area contributed by atoms with Gasteiger partial charge in [0.05, 0.1) is 4.88 Å². The van der Waals surface area contributed by atoms with Gasteiger partial charge in [-0.3, -0.25) is 9.78 Å². The summed E-state index contributed by atoms with van der Waals surface area (Å²) in [6.07, 6.45) is 9.28. The summed E-state index contributed by atoms with van der Waals surface area (Å²) in [5, 5.41) is 9.68. The Morgan fingerprint density at radius 2 is 2.10 bits per heavy atom. The van der Waals surface area contributed by atoms with Crippen molar-refractivity contribution in [1.82, 2.24) is 14.9 Å². The zero-order valence-electron chi connectivity index (χ0n) is 16.3. The average molecular weight is 433 g/mol. The molecule has 0 N–H and O–H groups in total. The molecule has 150 valence electrons. The van der Waals surface area contributed by atoms with E-state index in [-0.39, 0.29) is 5.78 Å². The molecule has 1 aliphatic carbocycles. The summed E-state index contributed by atoms with van der Waals surface area (Å²) >= 11 is 3.12. The van der Waals surface area contributed by atoms with E-state index in [0.717, 1.165) is 39.7 Å². The predicted molar refractivity (Wildman–Crippen MR) is 117 cm³/mol. The normalized spacial score (nSPS) is 22.2. The molecular formula is C23H20N4OS2. The van der Waals surface area contributed by atoms with Crippen molar-refractivity contribution in [2.24, 2.45) is 17.8 Å². The number of nitrogens with zero attached hydrogens (tertiary/aromatic N) is 4. The molecule has 0 spiro atoms. The fourth-order valence-corrected chi connectivity index (χ4v) is 6.41. The fourth-order valence-electron chi connectivity index (χ4n) is 4.50. The van der Waals surface area contributed by atoms with Crippen LogP contribution in [0.3, 0.4) is 0 Å². The molecule has 2 aliphatic rings. The summed E-state index contributed by atoms with van der Waals surface area (Å²) < 4.78 is 0. The lowest BCUT2D eigenvalue weighted by atomic mass is 9.65. The number of carbonyl (C=O) groups is 1. The molecule has 3 heterocycles. The SMILES string of the molecule is N#CN1CC2CC(CC(=O)c3ncc(-c4ccncc4Sc4ccccc4)s3)C2C1. The van der Waals surface area contributed by atoms with Gasteiger partial charge in [-0.25, -0.2) is 4.98 Å². The third-order valence-electron chi connectivity index (χ3n) is 6.06. The molecule has 1 aliphatic heterocycles. The number of hydrogen-bond acceptors (Lipinski definition) is 7. The first kappa shape index (κ1) is 19.3. The van der Waals surface area contributed by atoms with Crippen LogP contribution in [-0.2, 0) is 0 Å². The van der Waals surface area contributed by atoms with E-state index in [1.54, 1.807) is 24.2 Å². The van der Waals surface area contributed by atoms with E-state index in [4.69, 9.17) is 5.26 Å². The van der Waals surface area contributed by atoms with E-state index in [1.165, 1.54) is 11.3 Å². The number of thiazole rings is 1. The monoisotopic (exact) mass is 432 g/mol. The number of fused-ring (bicyclic) bond motifs is 1. The Labute approximate surface area is 183 Å². The van der Waals surface area contributed by atoms with E-state index in [2.05, 4.69) is 28.3 Å². The van der Waals surface area contributed by atoms with Crippen molar-refractivity contribution < 1.29 is 4.79 Å². The smallest absolute Gasteiger partial charge is 0.191 e. The van der Waals surface area contributed by atoms with Gasteiger partial charge >= 0.3 is 0 Å². The molecule has 1 saturated heterocycles. The quantitative estimate of drug-likeness (QED) is 0.404. The number of aromatic nitrogens is 2. The summed E-state index contributed by atoms with van der Waals surface area (Å²) in [5.74, 6) is 1.58. The first-order valence-corrected chi connectivity index (χ1v) is 11.7. The number of hydrogen-bond donors (Lipinski definition) is 0. The first-order valence-electron chi connectivity index (χ1n) is 10.0. The van der Waals surface area contributed by atoms with Gasteiger partial charge in [-0.15, -0.1) is 11.3 Å². The number of pyridine rings is 1. The lowest BCUT2D eigenvalue weighted by molar-refractivity contribution is 0.0779. The molecule has 1 saturated carbocycles. The van der Waals surface area contributed by atoms with Crippen LogP contribution in [0.4, 0.5) is 0 Å². The molecule has 0 radical (unpaired) electrons. The van der Waals surface area contributed by atoms with Crippen LogP contribution in [0.25, 0.3) is 10.4 Å².